The largest absolute Gasteiger partial charge is 0.467 e. The van der Waals surface area contributed by atoms with E-state index in [0.717, 1.165) is 43.7 Å². The molecule has 134 valence electrons. The summed E-state index contributed by atoms with van der Waals surface area (Å²) in [4.78, 5) is 13.7. The fourth-order valence-electron chi connectivity index (χ4n) is 3.17. The van der Waals surface area contributed by atoms with Crippen molar-refractivity contribution >= 4 is 5.97 Å². The van der Waals surface area contributed by atoms with E-state index in [1.54, 1.807) is 23.0 Å². The predicted octanol–water partition coefficient (Wildman–Crippen LogP) is 1.76. The Balaban J connectivity index is 1.54. The van der Waals surface area contributed by atoms with Crippen LogP contribution in [0.4, 0.5) is 4.39 Å². The number of likely N-dealkylation sites (tertiary alicyclic amines) is 1. The minimum Gasteiger partial charge on any atom is -0.467 e. The second kappa shape index (κ2) is 7.76. The number of halogens is 1. The lowest BCUT2D eigenvalue weighted by Gasteiger charge is -2.33. The Bertz CT molecular complexity index is 709. The van der Waals surface area contributed by atoms with Gasteiger partial charge in [-0.3, -0.25) is 4.90 Å². The van der Waals surface area contributed by atoms with Crippen molar-refractivity contribution in [2.75, 3.05) is 20.2 Å². The number of carbonyl (C=O) groups is 1. The van der Waals surface area contributed by atoms with Gasteiger partial charge in [0.1, 0.15) is 5.82 Å². The smallest absolute Gasteiger partial charge is 0.334 e. The average molecular weight is 347 g/mol. The van der Waals surface area contributed by atoms with Gasteiger partial charge in [-0.25, -0.2) is 13.9 Å². The molecular weight excluding hydrogens is 325 g/mol. The van der Waals surface area contributed by atoms with E-state index >= 15 is 0 Å². The maximum Gasteiger partial charge on any atom is 0.334 e. The van der Waals surface area contributed by atoms with Crippen molar-refractivity contribution in [3.05, 3.63) is 48.0 Å². The monoisotopic (exact) mass is 347 g/mol. The SMILES string of the molecule is COC(=O)[C@H](O)C1CCN(Cc2cnn(-c3ccc(F)cc3)c2)CC1. The Hall–Kier alpha value is -2.25. The van der Waals surface area contributed by atoms with Crippen LogP contribution in [0.15, 0.2) is 36.7 Å². The third-order valence-corrected chi connectivity index (χ3v) is 4.65. The molecule has 1 N–H and O–H groups in total. The molecule has 25 heavy (non-hydrogen) atoms. The summed E-state index contributed by atoms with van der Waals surface area (Å²) in [5.41, 5.74) is 1.88. The first-order valence-electron chi connectivity index (χ1n) is 8.34. The number of nitrogens with zero attached hydrogens (tertiary/aromatic N) is 3. The third-order valence-electron chi connectivity index (χ3n) is 4.65. The fourth-order valence-corrected chi connectivity index (χ4v) is 3.17. The van der Waals surface area contributed by atoms with E-state index in [2.05, 4.69) is 14.7 Å². The summed E-state index contributed by atoms with van der Waals surface area (Å²) in [7, 11) is 1.29. The highest BCUT2D eigenvalue weighted by Crippen LogP contribution is 2.23. The highest BCUT2D eigenvalue weighted by molar-refractivity contribution is 5.74. The van der Waals surface area contributed by atoms with Gasteiger partial charge in [0.2, 0.25) is 0 Å². The zero-order valence-corrected chi connectivity index (χ0v) is 14.1. The molecule has 2 heterocycles. The Labute approximate surface area is 145 Å². The van der Waals surface area contributed by atoms with Gasteiger partial charge >= 0.3 is 5.97 Å². The van der Waals surface area contributed by atoms with Gasteiger partial charge in [0.15, 0.2) is 6.10 Å². The molecule has 1 aliphatic rings. The van der Waals surface area contributed by atoms with E-state index in [-0.39, 0.29) is 11.7 Å². The van der Waals surface area contributed by atoms with Gasteiger partial charge < -0.3 is 9.84 Å². The van der Waals surface area contributed by atoms with E-state index in [1.165, 1.54) is 19.2 Å². The second-order valence-electron chi connectivity index (χ2n) is 6.35. The van der Waals surface area contributed by atoms with Crippen LogP contribution in [0.1, 0.15) is 18.4 Å². The molecular formula is C18H22FN3O3. The number of hydrogen-bond donors (Lipinski definition) is 1. The van der Waals surface area contributed by atoms with Gasteiger partial charge in [-0.2, -0.15) is 5.10 Å². The lowest BCUT2D eigenvalue weighted by molar-refractivity contribution is -0.154. The summed E-state index contributed by atoms with van der Waals surface area (Å²) >= 11 is 0. The van der Waals surface area contributed by atoms with E-state index in [9.17, 15) is 14.3 Å². The normalized spacial score (nSPS) is 17.4. The van der Waals surface area contributed by atoms with Gasteiger partial charge in [0.25, 0.3) is 0 Å². The van der Waals surface area contributed by atoms with Gasteiger partial charge in [-0.05, 0) is 56.1 Å². The van der Waals surface area contributed by atoms with Crippen LogP contribution in [0.2, 0.25) is 0 Å². The van der Waals surface area contributed by atoms with Crippen molar-refractivity contribution in [2.24, 2.45) is 5.92 Å². The molecule has 1 saturated heterocycles. The standard InChI is InChI=1S/C18H22FN3O3/c1-25-18(24)17(23)14-6-8-21(9-7-14)11-13-10-20-22(12-13)16-4-2-15(19)3-5-16/h2-5,10,12,14,17,23H,6-9,11H2,1H3/t17-/m1/s1. The Kier molecular flexibility index (Phi) is 5.45. The number of benzene rings is 1. The van der Waals surface area contributed by atoms with Gasteiger partial charge in [-0.1, -0.05) is 0 Å². The van der Waals surface area contributed by atoms with Crippen LogP contribution >= 0.6 is 0 Å². The zero-order chi connectivity index (χ0) is 17.8. The molecule has 1 atom stereocenters. The first-order chi connectivity index (χ1) is 12.1. The van der Waals surface area contributed by atoms with Crippen LogP contribution in [0.3, 0.4) is 0 Å². The molecule has 2 aromatic rings. The first kappa shape index (κ1) is 17.6. The van der Waals surface area contributed by atoms with Crippen molar-refractivity contribution in [2.45, 2.75) is 25.5 Å². The number of methoxy groups -OCH3 is 1. The third kappa shape index (κ3) is 4.24. The molecule has 0 radical (unpaired) electrons. The number of carbonyl (C=O) groups excluding carboxylic acids is 1. The van der Waals surface area contributed by atoms with Crippen LogP contribution in [-0.4, -0.2) is 52.1 Å². The molecule has 1 aliphatic heterocycles. The van der Waals surface area contributed by atoms with Crippen LogP contribution in [0.25, 0.3) is 5.69 Å². The molecule has 1 aromatic heterocycles. The van der Waals surface area contributed by atoms with Crippen molar-refractivity contribution in [3.8, 4) is 5.69 Å². The molecule has 6 nitrogen and oxygen atoms in total. The van der Waals surface area contributed by atoms with Crippen LogP contribution in [0, 0.1) is 11.7 Å². The van der Waals surface area contributed by atoms with E-state index in [4.69, 9.17) is 0 Å². The van der Waals surface area contributed by atoms with Crippen molar-refractivity contribution < 1.29 is 19.0 Å². The Morgan fingerprint density at radius 1 is 1.36 bits per heavy atom. The highest BCUT2D eigenvalue weighted by Gasteiger charge is 2.30. The van der Waals surface area contributed by atoms with Crippen molar-refractivity contribution in [1.29, 1.82) is 0 Å². The molecule has 0 bridgehead atoms. The summed E-state index contributed by atoms with van der Waals surface area (Å²) < 4.78 is 19.3. The number of hydrogen-bond acceptors (Lipinski definition) is 5. The fraction of sp³-hybridized carbons (Fsp3) is 0.444. The maximum atomic E-state index is 13.0. The average Bonchev–Trinajstić information content (AvgIpc) is 3.10. The molecule has 0 aliphatic carbocycles. The van der Waals surface area contributed by atoms with E-state index in [0.29, 0.717) is 0 Å². The highest BCUT2D eigenvalue weighted by atomic mass is 19.1. The van der Waals surface area contributed by atoms with Crippen LogP contribution < -0.4 is 0 Å². The summed E-state index contributed by atoms with van der Waals surface area (Å²) in [6.45, 7) is 2.36. The number of aromatic nitrogens is 2. The number of aliphatic hydroxyl groups excluding tert-OH is 1. The zero-order valence-electron chi connectivity index (χ0n) is 14.1. The van der Waals surface area contributed by atoms with Gasteiger partial charge in [-0.15, -0.1) is 0 Å². The topological polar surface area (TPSA) is 67.6 Å². The molecule has 0 saturated carbocycles. The lowest BCUT2D eigenvalue weighted by atomic mass is 9.91. The number of esters is 1. The molecule has 0 amide bonds. The van der Waals surface area contributed by atoms with Gasteiger partial charge in [0, 0.05) is 18.3 Å². The van der Waals surface area contributed by atoms with Gasteiger partial charge in [0.05, 0.1) is 19.0 Å². The number of rotatable bonds is 5. The minimum absolute atomic E-state index is 0.0503. The van der Waals surface area contributed by atoms with Crippen molar-refractivity contribution in [1.82, 2.24) is 14.7 Å². The number of ether oxygens (including phenoxy) is 1. The quantitative estimate of drug-likeness (QED) is 0.835. The predicted molar refractivity (Wildman–Crippen MR) is 89.5 cm³/mol. The molecule has 3 rings (SSSR count). The van der Waals surface area contributed by atoms with E-state index in [1.807, 2.05) is 6.20 Å². The van der Waals surface area contributed by atoms with Crippen molar-refractivity contribution in [3.63, 3.8) is 0 Å². The van der Waals surface area contributed by atoms with Crippen LogP contribution in [0.5, 0.6) is 0 Å². The molecule has 1 aromatic carbocycles. The number of aliphatic hydroxyl groups is 1. The lowest BCUT2D eigenvalue weighted by Crippen LogP contribution is -2.40. The molecule has 1 fully saturated rings. The Morgan fingerprint density at radius 3 is 2.68 bits per heavy atom. The Morgan fingerprint density at radius 2 is 2.04 bits per heavy atom. The molecule has 0 unspecified atom stereocenters. The summed E-state index contributed by atoms with van der Waals surface area (Å²) in [5.74, 6) is -0.877. The summed E-state index contributed by atoms with van der Waals surface area (Å²) in [6, 6.07) is 6.19. The summed E-state index contributed by atoms with van der Waals surface area (Å²) in [6.07, 6.45) is 4.21. The molecule has 7 heteroatoms. The molecule has 0 spiro atoms. The maximum absolute atomic E-state index is 13.0. The summed E-state index contributed by atoms with van der Waals surface area (Å²) in [5, 5.41) is 14.3. The first-order valence-corrected chi connectivity index (χ1v) is 8.34. The van der Waals surface area contributed by atoms with E-state index < -0.39 is 12.1 Å². The minimum atomic E-state index is -1.03. The second-order valence-corrected chi connectivity index (χ2v) is 6.35. The number of piperidine rings is 1. The van der Waals surface area contributed by atoms with Crippen LogP contribution in [-0.2, 0) is 16.1 Å².